The van der Waals surface area contributed by atoms with Crippen LogP contribution in [0.2, 0.25) is 0 Å². The van der Waals surface area contributed by atoms with Crippen LogP contribution in [0.25, 0.3) is 0 Å². The molecule has 2 aliphatic heterocycles. The number of aryl methyl sites for hydroxylation is 1. The summed E-state index contributed by atoms with van der Waals surface area (Å²) in [5, 5.41) is -1.13. The van der Waals surface area contributed by atoms with Gasteiger partial charge in [0.05, 0.1) is 10.9 Å². The predicted molar refractivity (Wildman–Crippen MR) is 81.1 cm³/mol. The maximum atomic E-state index is 12.9. The van der Waals surface area contributed by atoms with E-state index in [-0.39, 0.29) is 16.6 Å². The SMILES string of the molecule is Cc1ccc(S(=O)(=O)[C@@H]2C(=O)[C@@H](C)CN3C(=O)CC[C@@H]23)cc1. The van der Waals surface area contributed by atoms with Gasteiger partial charge in [-0.3, -0.25) is 9.59 Å². The number of fused-ring (bicyclic) bond motifs is 1. The highest BCUT2D eigenvalue weighted by Gasteiger charge is 2.52. The Morgan fingerprint density at radius 2 is 1.77 bits per heavy atom. The van der Waals surface area contributed by atoms with Gasteiger partial charge >= 0.3 is 0 Å². The van der Waals surface area contributed by atoms with E-state index in [1.54, 1.807) is 36.1 Å². The third-order valence-corrected chi connectivity index (χ3v) is 6.79. The predicted octanol–water partition coefficient (Wildman–Crippen LogP) is 1.35. The first-order chi connectivity index (χ1) is 10.3. The standard InChI is InChI=1S/C16H19NO4S/c1-10-3-5-12(6-4-10)22(20,21)16-13-7-8-14(18)17(13)9-11(2)15(16)19/h3-6,11,13,16H,7-9H2,1-2H3/t11-,13-,16-/m0/s1. The minimum Gasteiger partial charge on any atom is -0.337 e. The summed E-state index contributed by atoms with van der Waals surface area (Å²) in [5.41, 5.74) is 0.958. The summed E-state index contributed by atoms with van der Waals surface area (Å²) in [7, 11) is -3.78. The maximum absolute atomic E-state index is 12.9. The molecule has 0 aromatic heterocycles. The van der Waals surface area contributed by atoms with Gasteiger partial charge < -0.3 is 4.90 Å². The lowest BCUT2D eigenvalue weighted by molar-refractivity contribution is -0.135. The van der Waals surface area contributed by atoms with Crippen LogP contribution in [0, 0.1) is 12.8 Å². The second-order valence-electron chi connectivity index (χ2n) is 6.23. The lowest BCUT2D eigenvalue weighted by atomic mass is 9.93. The quantitative estimate of drug-likeness (QED) is 0.824. The lowest BCUT2D eigenvalue weighted by Crippen LogP contribution is -2.57. The number of rotatable bonds is 2. The number of amides is 1. The first-order valence-corrected chi connectivity index (χ1v) is 9.01. The number of carbonyl (C=O) groups is 2. The largest absolute Gasteiger partial charge is 0.337 e. The van der Waals surface area contributed by atoms with Crippen LogP contribution in [0.1, 0.15) is 25.3 Å². The second kappa shape index (κ2) is 5.19. The summed E-state index contributed by atoms with van der Waals surface area (Å²) >= 11 is 0. The van der Waals surface area contributed by atoms with Crippen LogP contribution in [-0.4, -0.2) is 42.8 Å². The fraction of sp³-hybridized carbons (Fsp3) is 0.500. The van der Waals surface area contributed by atoms with Gasteiger partial charge in [0.15, 0.2) is 15.6 Å². The molecule has 2 fully saturated rings. The average Bonchev–Trinajstić information content (AvgIpc) is 2.81. The fourth-order valence-electron chi connectivity index (χ4n) is 3.40. The Balaban J connectivity index is 2.05. The van der Waals surface area contributed by atoms with E-state index in [9.17, 15) is 18.0 Å². The zero-order valence-corrected chi connectivity index (χ0v) is 13.5. The minimum absolute atomic E-state index is 0.0477. The molecule has 2 heterocycles. The van der Waals surface area contributed by atoms with E-state index in [0.29, 0.717) is 19.4 Å². The molecule has 0 bridgehead atoms. The van der Waals surface area contributed by atoms with E-state index in [4.69, 9.17) is 0 Å². The van der Waals surface area contributed by atoms with Gasteiger partial charge in [-0.25, -0.2) is 8.42 Å². The number of carbonyl (C=O) groups excluding carboxylic acids is 2. The summed E-state index contributed by atoms with van der Waals surface area (Å²) in [6, 6.07) is 6.02. The Bertz CT molecular complexity index is 723. The Morgan fingerprint density at radius 1 is 1.14 bits per heavy atom. The van der Waals surface area contributed by atoms with Crippen LogP contribution >= 0.6 is 0 Å². The highest BCUT2D eigenvalue weighted by atomic mass is 32.2. The zero-order chi connectivity index (χ0) is 16.1. The summed E-state index contributed by atoms with van der Waals surface area (Å²) in [6.45, 7) is 3.91. The van der Waals surface area contributed by atoms with Gasteiger partial charge in [-0.05, 0) is 25.5 Å². The van der Waals surface area contributed by atoms with Crippen molar-refractivity contribution in [3.63, 3.8) is 0 Å². The zero-order valence-electron chi connectivity index (χ0n) is 12.7. The molecule has 0 spiro atoms. The Morgan fingerprint density at radius 3 is 2.41 bits per heavy atom. The molecule has 0 unspecified atom stereocenters. The topological polar surface area (TPSA) is 71.5 Å². The summed E-state index contributed by atoms with van der Waals surface area (Å²) < 4.78 is 25.9. The van der Waals surface area contributed by atoms with Crippen molar-refractivity contribution in [2.75, 3.05) is 6.54 Å². The molecule has 1 aromatic rings. The van der Waals surface area contributed by atoms with Crippen molar-refractivity contribution in [2.24, 2.45) is 5.92 Å². The van der Waals surface area contributed by atoms with Gasteiger partial charge in [0.25, 0.3) is 0 Å². The molecule has 0 N–H and O–H groups in total. The van der Waals surface area contributed by atoms with E-state index in [1.807, 2.05) is 6.92 Å². The van der Waals surface area contributed by atoms with Crippen molar-refractivity contribution in [2.45, 2.75) is 42.9 Å². The molecule has 2 saturated heterocycles. The van der Waals surface area contributed by atoms with Gasteiger partial charge in [-0.15, -0.1) is 0 Å². The van der Waals surface area contributed by atoms with E-state index in [2.05, 4.69) is 0 Å². The third-order valence-electron chi connectivity index (χ3n) is 4.64. The number of piperidine rings is 1. The highest BCUT2D eigenvalue weighted by molar-refractivity contribution is 7.93. The van der Waals surface area contributed by atoms with Crippen LogP contribution in [-0.2, 0) is 19.4 Å². The van der Waals surface area contributed by atoms with E-state index < -0.39 is 27.0 Å². The van der Waals surface area contributed by atoms with Gasteiger partial charge in [0.1, 0.15) is 5.25 Å². The van der Waals surface area contributed by atoms with E-state index in [1.165, 1.54) is 0 Å². The van der Waals surface area contributed by atoms with Crippen LogP contribution in [0.3, 0.4) is 0 Å². The number of nitrogens with zero attached hydrogens (tertiary/aromatic N) is 1. The summed E-state index contributed by atoms with van der Waals surface area (Å²) in [5.74, 6) is -0.756. The maximum Gasteiger partial charge on any atom is 0.222 e. The van der Waals surface area contributed by atoms with Crippen LogP contribution < -0.4 is 0 Å². The Kier molecular flexibility index (Phi) is 3.59. The number of hydrogen-bond acceptors (Lipinski definition) is 4. The van der Waals surface area contributed by atoms with Gasteiger partial charge in [0.2, 0.25) is 5.91 Å². The smallest absolute Gasteiger partial charge is 0.222 e. The molecule has 0 radical (unpaired) electrons. The number of hydrogen-bond donors (Lipinski definition) is 0. The minimum atomic E-state index is -3.78. The van der Waals surface area contributed by atoms with E-state index >= 15 is 0 Å². The molecule has 0 aliphatic carbocycles. The van der Waals surface area contributed by atoms with Crippen LogP contribution in [0.5, 0.6) is 0 Å². The van der Waals surface area contributed by atoms with E-state index in [0.717, 1.165) is 5.56 Å². The first-order valence-electron chi connectivity index (χ1n) is 7.46. The monoisotopic (exact) mass is 321 g/mol. The first kappa shape index (κ1) is 15.2. The molecule has 2 aliphatic rings. The number of sulfone groups is 1. The fourth-order valence-corrected chi connectivity index (χ4v) is 5.44. The van der Waals surface area contributed by atoms with Crippen molar-refractivity contribution in [3.05, 3.63) is 29.8 Å². The molecule has 3 rings (SSSR count). The molecular formula is C16H19NO4S. The van der Waals surface area contributed by atoms with Crippen molar-refractivity contribution < 1.29 is 18.0 Å². The lowest BCUT2D eigenvalue weighted by Gasteiger charge is -2.38. The van der Waals surface area contributed by atoms with Crippen LogP contribution in [0.15, 0.2) is 29.2 Å². The van der Waals surface area contributed by atoms with Crippen molar-refractivity contribution >= 4 is 21.5 Å². The molecular weight excluding hydrogens is 302 g/mol. The van der Waals surface area contributed by atoms with Gasteiger partial charge in [-0.1, -0.05) is 24.6 Å². The molecule has 0 saturated carbocycles. The normalized spacial score (nSPS) is 28.8. The summed E-state index contributed by atoms with van der Waals surface area (Å²) in [4.78, 5) is 26.2. The second-order valence-corrected chi connectivity index (χ2v) is 8.30. The van der Waals surface area contributed by atoms with Crippen molar-refractivity contribution in [1.82, 2.24) is 4.90 Å². The molecule has 1 aromatic carbocycles. The van der Waals surface area contributed by atoms with Crippen molar-refractivity contribution in [3.8, 4) is 0 Å². The Labute approximate surface area is 130 Å². The Hall–Kier alpha value is -1.69. The molecule has 22 heavy (non-hydrogen) atoms. The molecule has 6 heteroatoms. The number of benzene rings is 1. The molecule has 3 atom stereocenters. The van der Waals surface area contributed by atoms with Crippen LogP contribution in [0.4, 0.5) is 0 Å². The van der Waals surface area contributed by atoms with Crippen molar-refractivity contribution in [1.29, 1.82) is 0 Å². The van der Waals surface area contributed by atoms with Gasteiger partial charge in [-0.2, -0.15) is 0 Å². The average molecular weight is 321 g/mol. The third kappa shape index (κ3) is 2.26. The van der Waals surface area contributed by atoms with Gasteiger partial charge in [0, 0.05) is 18.9 Å². The number of ketones is 1. The number of Topliss-reactive ketones (excluding diaryl/α,β-unsaturated/α-hetero) is 1. The highest BCUT2D eigenvalue weighted by Crippen LogP contribution is 2.35. The molecule has 5 nitrogen and oxygen atoms in total. The molecule has 1 amide bonds. The molecule has 118 valence electrons. The summed E-state index contributed by atoms with van der Waals surface area (Å²) in [6.07, 6.45) is 0.762.